The number of rotatable bonds is 9. The quantitative estimate of drug-likeness (QED) is 0.513. The molecule has 0 heterocycles. The molecule has 5 heteroatoms. The third-order valence-electron chi connectivity index (χ3n) is 6.98. The molecule has 0 aliphatic heterocycles. The average molecular weight is 424 g/mol. The van der Waals surface area contributed by atoms with Gasteiger partial charge in [-0.2, -0.15) is 0 Å². The van der Waals surface area contributed by atoms with Crippen LogP contribution in [0.4, 0.5) is 10.5 Å². The van der Waals surface area contributed by atoms with Crippen molar-refractivity contribution in [3.63, 3.8) is 0 Å². The maximum absolute atomic E-state index is 12.0. The fraction of sp³-hybridized carbons (Fsp3) is 0.500. The van der Waals surface area contributed by atoms with Crippen LogP contribution in [0.1, 0.15) is 44.1 Å². The largest absolute Gasteiger partial charge is 0.497 e. The van der Waals surface area contributed by atoms with Gasteiger partial charge in [0.2, 0.25) is 0 Å². The second-order valence-corrected chi connectivity index (χ2v) is 8.84. The molecule has 2 saturated carbocycles. The molecule has 1 N–H and O–H groups in total. The summed E-state index contributed by atoms with van der Waals surface area (Å²) in [5, 5.41) is 2.72. The second-order valence-electron chi connectivity index (χ2n) is 8.84. The van der Waals surface area contributed by atoms with E-state index in [0.717, 1.165) is 23.3 Å². The van der Waals surface area contributed by atoms with E-state index in [4.69, 9.17) is 14.2 Å². The third-order valence-corrected chi connectivity index (χ3v) is 6.98. The Morgan fingerprint density at radius 3 is 2.45 bits per heavy atom. The molecule has 2 aromatic rings. The van der Waals surface area contributed by atoms with Crippen LogP contribution in [-0.2, 0) is 9.47 Å². The zero-order valence-electron chi connectivity index (χ0n) is 18.5. The smallest absolute Gasteiger partial charge is 0.411 e. The third kappa shape index (κ3) is 5.40. The minimum Gasteiger partial charge on any atom is -0.497 e. The van der Waals surface area contributed by atoms with Gasteiger partial charge in [-0.25, -0.2) is 4.79 Å². The van der Waals surface area contributed by atoms with Crippen LogP contribution in [0, 0.1) is 17.8 Å². The molecule has 4 rings (SSSR count). The Morgan fingerprint density at radius 1 is 1.03 bits per heavy atom. The van der Waals surface area contributed by atoms with E-state index in [1.165, 1.54) is 31.2 Å². The van der Waals surface area contributed by atoms with Gasteiger partial charge in [-0.1, -0.05) is 36.8 Å². The number of carbonyl (C=O) groups is 1. The summed E-state index contributed by atoms with van der Waals surface area (Å²) in [5.74, 6) is 3.56. The predicted molar refractivity (Wildman–Crippen MR) is 121 cm³/mol. The van der Waals surface area contributed by atoms with Gasteiger partial charge in [0.05, 0.1) is 19.8 Å². The van der Waals surface area contributed by atoms with Gasteiger partial charge in [-0.05, 0) is 73.8 Å². The highest BCUT2D eigenvalue weighted by molar-refractivity contribution is 5.84. The number of hydrogen-bond acceptors (Lipinski definition) is 4. The number of amides is 1. The summed E-state index contributed by atoms with van der Waals surface area (Å²) in [6.07, 6.45) is 4.99. The summed E-state index contributed by atoms with van der Waals surface area (Å²) in [4.78, 5) is 12.0. The lowest BCUT2D eigenvalue weighted by Crippen LogP contribution is -2.30. The van der Waals surface area contributed by atoms with Crippen molar-refractivity contribution in [2.45, 2.75) is 44.6 Å². The van der Waals surface area contributed by atoms with E-state index in [1.807, 2.05) is 42.5 Å². The van der Waals surface area contributed by atoms with Gasteiger partial charge < -0.3 is 14.2 Å². The summed E-state index contributed by atoms with van der Waals surface area (Å²) in [7, 11) is 1.70. The number of carbonyl (C=O) groups excluding carboxylic acids is 1. The van der Waals surface area contributed by atoms with Crippen LogP contribution in [0.5, 0.6) is 5.75 Å². The van der Waals surface area contributed by atoms with Crippen molar-refractivity contribution < 1.29 is 19.0 Å². The molecule has 2 aliphatic rings. The molecular formula is C26H33NO4. The summed E-state index contributed by atoms with van der Waals surface area (Å²) in [6, 6.07) is 17.7. The second kappa shape index (κ2) is 10.2. The molecule has 2 bridgehead atoms. The molecule has 1 amide bonds. The molecule has 0 saturated heterocycles. The van der Waals surface area contributed by atoms with Crippen LogP contribution in [0.3, 0.4) is 0 Å². The zero-order chi connectivity index (χ0) is 21.6. The first-order valence-electron chi connectivity index (χ1n) is 11.4. The average Bonchev–Trinajstić information content (AvgIpc) is 3.42. The van der Waals surface area contributed by atoms with E-state index in [0.29, 0.717) is 18.4 Å². The summed E-state index contributed by atoms with van der Waals surface area (Å²) in [6.45, 7) is 2.77. The highest BCUT2D eigenvalue weighted by atomic mass is 16.6. The van der Waals surface area contributed by atoms with Gasteiger partial charge in [0, 0.05) is 11.6 Å². The molecule has 2 fully saturated rings. The van der Waals surface area contributed by atoms with Gasteiger partial charge in [0.25, 0.3) is 0 Å². The highest BCUT2D eigenvalue weighted by Gasteiger charge is 2.45. The number of nitrogens with one attached hydrogen (secondary N) is 1. The summed E-state index contributed by atoms with van der Waals surface area (Å²) < 4.78 is 16.8. The van der Waals surface area contributed by atoms with E-state index in [2.05, 4.69) is 24.4 Å². The normalized spacial score (nSPS) is 23.9. The minimum atomic E-state index is -0.456. The van der Waals surface area contributed by atoms with Crippen LogP contribution in [0.25, 0.3) is 0 Å². The lowest BCUT2D eigenvalue weighted by atomic mass is 9.74. The van der Waals surface area contributed by atoms with Crippen LogP contribution < -0.4 is 10.1 Å². The molecule has 2 aromatic carbocycles. The van der Waals surface area contributed by atoms with E-state index in [1.54, 1.807) is 7.11 Å². The molecule has 31 heavy (non-hydrogen) atoms. The topological polar surface area (TPSA) is 56.8 Å². The Balaban J connectivity index is 1.32. The number of methoxy groups -OCH3 is 1. The Bertz CT molecular complexity index is 838. The minimum absolute atomic E-state index is 0.0542. The van der Waals surface area contributed by atoms with Gasteiger partial charge in [0.1, 0.15) is 12.4 Å². The molecule has 5 atom stereocenters. The highest BCUT2D eigenvalue weighted by Crippen LogP contribution is 2.54. The molecule has 5 unspecified atom stereocenters. The van der Waals surface area contributed by atoms with Crippen LogP contribution >= 0.6 is 0 Å². The van der Waals surface area contributed by atoms with E-state index >= 15 is 0 Å². The molecule has 0 radical (unpaired) electrons. The molecule has 0 spiro atoms. The van der Waals surface area contributed by atoms with Crippen LogP contribution in [0.15, 0.2) is 54.6 Å². The van der Waals surface area contributed by atoms with E-state index in [9.17, 15) is 4.79 Å². The number of ether oxygens (including phenoxy) is 3. The number of para-hydroxylation sites is 1. The van der Waals surface area contributed by atoms with Crippen molar-refractivity contribution >= 4 is 11.8 Å². The maximum Gasteiger partial charge on any atom is 0.411 e. The van der Waals surface area contributed by atoms with Gasteiger partial charge in [-0.3, -0.25) is 5.32 Å². The number of benzene rings is 2. The number of hydrogen-bond donors (Lipinski definition) is 1. The number of fused-ring (bicyclic) bond motifs is 2. The van der Waals surface area contributed by atoms with Crippen LogP contribution in [0.2, 0.25) is 0 Å². The Kier molecular flexibility index (Phi) is 7.13. The summed E-state index contributed by atoms with van der Waals surface area (Å²) in [5.41, 5.74) is 2.03. The molecule has 5 nitrogen and oxygen atoms in total. The van der Waals surface area contributed by atoms with Gasteiger partial charge >= 0.3 is 6.09 Å². The fourth-order valence-electron chi connectivity index (χ4n) is 5.57. The van der Waals surface area contributed by atoms with Crippen molar-refractivity contribution in [3.05, 3.63) is 60.2 Å². The molecule has 0 aromatic heterocycles. The zero-order valence-corrected chi connectivity index (χ0v) is 18.5. The standard InChI is InChI=1S/C26H33NO4/c1-18(30-14-15-31-26(28)27-22-6-4-3-5-7-22)25(20-10-12-23(29-2)13-11-20)24-17-19-8-9-21(24)16-19/h3-7,10-13,18-19,21,24-25H,8-9,14-17H2,1-2H3,(H,27,28). The molecule has 166 valence electrons. The van der Waals surface area contributed by atoms with Gasteiger partial charge in [-0.15, -0.1) is 0 Å². The predicted octanol–water partition coefficient (Wildman–Crippen LogP) is 5.87. The Labute approximate surface area is 185 Å². The lowest BCUT2D eigenvalue weighted by molar-refractivity contribution is 0.00258. The monoisotopic (exact) mass is 423 g/mol. The van der Waals surface area contributed by atoms with Crippen molar-refractivity contribution in [2.75, 3.05) is 25.6 Å². The van der Waals surface area contributed by atoms with E-state index < -0.39 is 6.09 Å². The van der Waals surface area contributed by atoms with Crippen molar-refractivity contribution in [1.29, 1.82) is 0 Å². The Morgan fingerprint density at radius 2 is 1.81 bits per heavy atom. The van der Waals surface area contributed by atoms with Crippen molar-refractivity contribution in [1.82, 2.24) is 0 Å². The fourth-order valence-corrected chi connectivity index (χ4v) is 5.57. The Hall–Kier alpha value is -2.53. The summed E-state index contributed by atoms with van der Waals surface area (Å²) >= 11 is 0. The first kappa shape index (κ1) is 21.7. The van der Waals surface area contributed by atoms with E-state index in [-0.39, 0.29) is 12.7 Å². The maximum atomic E-state index is 12.0. The lowest BCUT2D eigenvalue weighted by Gasteiger charge is -2.35. The van der Waals surface area contributed by atoms with Crippen molar-refractivity contribution in [3.8, 4) is 5.75 Å². The molecule has 2 aliphatic carbocycles. The molecular weight excluding hydrogens is 390 g/mol. The van der Waals surface area contributed by atoms with Crippen molar-refractivity contribution in [2.24, 2.45) is 17.8 Å². The SMILES string of the molecule is COc1ccc(C(C(C)OCCOC(=O)Nc2ccccc2)C2CC3CCC2C3)cc1. The van der Waals surface area contributed by atoms with Gasteiger partial charge in [0.15, 0.2) is 0 Å². The van der Waals surface area contributed by atoms with Crippen LogP contribution in [-0.4, -0.2) is 32.5 Å². The first-order chi connectivity index (χ1) is 15.1. The first-order valence-corrected chi connectivity index (χ1v) is 11.4. The number of anilines is 1.